The zero-order valence-corrected chi connectivity index (χ0v) is 19.6. The Morgan fingerprint density at radius 2 is 1.97 bits per heavy atom. The second-order valence-electron chi connectivity index (χ2n) is 8.62. The summed E-state index contributed by atoms with van der Waals surface area (Å²) in [7, 11) is 0. The molecule has 7 nitrogen and oxygen atoms in total. The number of ether oxygens (including phenoxy) is 3. The van der Waals surface area contributed by atoms with Crippen molar-refractivity contribution in [1.29, 1.82) is 0 Å². The third-order valence-electron chi connectivity index (χ3n) is 5.42. The highest BCUT2D eigenvalue weighted by Gasteiger charge is 2.37. The van der Waals surface area contributed by atoms with Crippen LogP contribution in [0.5, 0.6) is 11.5 Å². The van der Waals surface area contributed by atoms with E-state index in [-0.39, 0.29) is 30.3 Å². The number of rotatable bonds is 7. The molecule has 2 aliphatic rings. The highest BCUT2D eigenvalue weighted by atomic mass is 32.2. The number of amides is 2. The van der Waals surface area contributed by atoms with Gasteiger partial charge in [-0.3, -0.25) is 14.9 Å². The van der Waals surface area contributed by atoms with Crippen LogP contribution in [0.15, 0.2) is 35.2 Å². The molecule has 1 saturated heterocycles. The van der Waals surface area contributed by atoms with Crippen molar-refractivity contribution in [2.24, 2.45) is 0 Å². The Balaban J connectivity index is 1.87. The first-order valence-electron chi connectivity index (χ1n) is 10.6. The van der Waals surface area contributed by atoms with Gasteiger partial charge in [-0.2, -0.15) is 0 Å². The van der Waals surface area contributed by atoms with Crippen molar-refractivity contribution in [2.45, 2.75) is 32.2 Å². The Bertz CT molecular complexity index is 1210. The molecule has 0 unspecified atom stereocenters. The van der Waals surface area contributed by atoms with E-state index in [1.807, 2.05) is 19.9 Å². The second kappa shape index (κ2) is 9.56. The van der Waals surface area contributed by atoms with Gasteiger partial charge in [0.25, 0.3) is 11.1 Å². The van der Waals surface area contributed by atoms with E-state index in [4.69, 9.17) is 14.6 Å². The number of aliphatic hydroxyl groups is 1. The number of hydrogen-bond donors (Lipinski definition) is 2. The van der Waals surface area contributed by atoms with Crippen LogP contribution >= 0.6 is 11.8 Å². The molecular weight excluding hydrogens is 487 g/mol. The van der Waals surface area contributed by atoms with E-state index in [9.17, 15) is 22.8 Å². The first kappa shape index (κ1) is 25.1. The first-order chi connectivity index (χ1) is 16.5. The van der Waals surface area contributed by atoms with E-state index in [0.717, 1.165) is 11.6 Å². The molecule has 2 amide bonds. The van der Waals surface area contributed by atoms with E-state index in [1.165, 1.54) is 18.2 Å². The van der Waals surface area contributed by atoms with E-state index >= 15 is 0 Å². The number of nitrogens with one attached hydrogen (secondary N) is 1. The molecule has 0 saturated carbocycles. The number of imide groups is 1. The molecule has 1 fully saturated rings. The van der Waals surface area contributed by atoms with Gasteiger partial charge in [-0.15, -0.1) is 13.2 Å². The molecule has 2 heterocycles. The molecule has 4 rings (SSSR count). The van der Waals surface area contributed by atoms with Crippen molar-refractivity contribution in [3.05, 3.63) is 51.9 Å². The summed E-state index contributed by atoms with van der Waals surface area (Å²) in [6, 6.07) is 7.52. The molecule has 2 aromatic carbocycles. The van der Waals surface area contributed by atoms with Gasteiger partial charge in [0.1, 0.15) is 11.5 Å². The summed E-state index contributed by atoms with van der Waals surface area (Å²) in [4.78, 5) is 23.6. The smallest absolute Gasteiger partial charge is 0.492 e. The number of thioether (sulfide) groups is 1. The zero-order chi connectivity index (χ0) is 25.4. The number of carbonyl (C=O) groups excluding carboxylic acids is 2. The predicted octanol–water partition coefficient (Wildman–Crippen LogP) is 4.76. The summed E-state index contributed by atoms with van der Waals surface area (Å²) in [6.45, 7) is 4.32. The quantitative estimate of drug-likeness (QED) is 0.411. The van der Waals surface area contributed by atoms with Crippen molar-refractivity contribution in [2.75, 3.05) is 19.8 Å². The molecule has 0 atom stereocenters. The van der Waals surface area contributed by atoms with Crippen molar-refractivity contribution in [3.8, 4) is 22.6 Å². The largest absolute Gasteiger partial charge is 0.573 e. The normalized spacial score (nSPS) is 17.9. The van der Waals surface area contributed by atoms with E-state index in [2.05, 4.69) is 10.1 Å². The molecule has 186 valence electrons. The molecule has 2 aromatic rings. The van der Waals surface area contributed by atoms with E-state index in [0.29, 0.717) is 40.8 Å². The summed E-state index contributed by atoms with van der Waals surface area (Å²) in [6.07, 6.45) is -3.52. The van der Waals surface area contributed by atoms with Crippen LogP contribution in [0.3, 0.4) is 0 Å². The summed E-state index contributed by atoms with van der Waals surface area (Å²) in [5, 5.41) is 10.6. The summed E-state index contributed by atoms with van der Waals surface area (Å²) in [5.41, 5.74) is 1.95. The van der Waals surface area contributed by atoms with Crippen molar-refractivity contribution in [1.82, 2.24) is 5.32 Å². The molecule has 0 aromatic heterocycles. The molecule has 0 aliphatic carbocycles. The minimum Gasteiger partial charge on any atom is -0.492 e. The summed E-state index contributed by atoms with van der Waals surface area (Å²) < 4.78 is 55.4. The van der Waals surface area contributed by atoms with Crippen molar-refractivity contribution in [3.63, 3.8) is 0 Å². The molecular formula is C24H22F3NO6S. The Morgan fingerprint density at radius 1 is 1.20 bits per heavy atom. The third-order valence-corrected chi connectivity index (χ3v) is 6.23. The van der Waals surface area contributed by atoms with E-state index < -0.39 is 28.7 Å². The lowest BCUT2D eigenvalue weighted by Gasteiger charge is -2.19. The Hall–Kier alpha value is -3.02. The molecule has 35 heavy (non-hydrogen) atoms. The fraction of sp³-hybridized carbons (Fsp3) is 0.333. The first-order valence-corrected chi connectivity index (χ1v) is 11.4. The fourth-order valence-electron chi connectivity index (χ4n) is 3.85. The number of aliphatic hydroxyl groups excluding tert-OH is 1. The van der Waals surface area contributed by atoms with Gasteiger partial charge >= 0.3 is 6.36 Å². The van der Waals surface area contributed by atoms with Gasteiger partial charge in [0.05, 0.1) is 31.3 Å². The minimum absolute atomic E-state index is 0.101. The van der Waals surface area contributed by atoms with Gasteiger partial charge < -0.3 is 19.3 Å². The number of carbonyl (C=O) groups is 2. The number of alkyl halides is 3. The number of benzene rings is 2. The van der Waals surface area contributed by atoms with Crippen LogP contribution in [-0.2, 0) is 21.6 Å². The molecule has 0 bridgehead atoms. The monoisotopic (exact) mass is 509 g/mol. The number of hydrogen-bond acceptors (Lipinski definition) is 7. The maximum Gasteiger partial charge on any atom is 0.573 e. The molecule has 0 spiro atoms. The number of halogens is 3. The average molecular weight is 510 g/mol. The molecule has 2 aliphatic heterocycles. The topological polar surface area (TPSA) is 94.1 Å². The van der Waals surface area contributed by atoms with Crippen LogP contribution in [0, 0.1) is 0 Å². The van der Waals surface area contributed by atoms with Crippen molar-refractivity contribution >= 4 is 29.0 Å². The van der Waals surface area contributed by atoms with Gasteiger partial charge in [-0.25, -0.2) is 0 Å². The maximum atomic E-state index is 13.2. The lowest BCUT2D eigenvalue weighted by Crippen LogP contribution is -2.18. The highest BCUT2D eigenvalue weighted by Crippen LogP contribution is 2.48. The maximum absolute atomic E-state index is 13.2. The lowest BCUT2D eigenvalue weighted by molar-refractivity contribution is -0.274. The highest BCUT2D eigenvalue weighted by molar-refractivity contribution is 8.18. The third kappa shape index (κ3) is 5.63. The SMILES string of the molecule is CC1(C)COc2c(-c3cc(/C=C4/SC(=O)NC4=O)ccc3OC(F)(F)F)cc(COCCO)cc21. The fourth-order valence-corrected chi connectivity index (χ4v) is 4.53. The van der Waals surface area contributed by atoms with E-state index in [1.54, 1.807) is 6.07 Å². The average Bonchev–Trinajstić information content (AvgIpc) is 3.25. The Morgan fingerprint density at radius 3 is 2.63 bits per heavy atom. The summed E-state index contributed by atoms with van der Waals surface area (Å²) in [5.74, 6) is -0.588. The second-order valence-corrected chi connectivity index (χ2v) is 9.64. The van der Waals surface area contributed by atoms with Crippen LogP contribution in [0.25, 0.3) is 17.2 Å². The van der Waals surface area contributed by atoms with Gasteiger partial charge in [0.2, 0.25) is 0 Å². The summed E-state index contributed by atoms with van der Waals surface area (Å²) >= 11 is 0.707. The van der Waals surface area contributed by atoms with Gasteiger partial charge in [0.15, 0.2) is 0 Å². The van der Waals surface area contributed by atoms with Crippen LogP contribution < -0.4 is 14.8 Å². The van der Waals surface area contributed by atoms with Gasteiger partial charge in [-0.05, 0) is 53.2 Å². The predicted molar refractivity (Wildman–Crippen MR) is 123 cm³/mol. The minimum atomic E-state index is -4.94. The Labute approximate surface area is 203 Å². The van der Waals surface area contributed by atoms with Crippen molar-refractivity contribution < 1.29 is 42.1 Å². The van der Waals surface area contributed by atoms with Gasteiger partial charge in [0, 0.05) is 22.1 Å². The zero-order valence-electron chi connectivity index (χ0n) is 18.8. The van der Waals surface area contributed by atoms with Crippen LogP contribution in [-0.4, -0.2) is 42.4 Å². The lowest BCUT2D eigenvalue weighted by atomic mass is 9.84. The van der Waals surface area contributed by atoms with Crippen LogP contribution in [0.4, 0.5) is 18.0 Å². The van der Waals surface area contributed by atoms with Crippen LogP contribution in [0.2, 0.25) is 0 Å². The molecule has 0 radical (unpaired) electrons. The van der Waals surface area contributed by atoms with Gasteiger partial charge in [-0.1, -0.05) is 19.9 Å². The molecule has 11 heteroatoms. The molecule has 2 N–H and O–H groups in total. The Kier molecular flexibility index (Phi) is 6.85. The number of fused-ring (bicyclic) bond motifs is 1. The van der Waals surface area contributed by atoms with Crippen LogP contribution in [0.1, 0.15) is 30.5 Å². The standard InChI is InChI=1S/C24H22F3NO6S/c1-23(2)12-33-20-16(8-14(9-17(20)23)11-32-6-5-29)15-7-13(3-4-18(15)34-24(25,26)27)10-19-21(30)28-22(31)35-19/h3-4,7-10,29H,5-6,11-12H2,1-2H3,(H,28,30,31)/b19-10+.